The smallest absolute Gasteiger partial charge is 0.0734 e. The van der Waals surface area contributed by atoms with Crippen molar-refractivity contribution in [1.29, 1.82) is 0 Å². The molecule has 0 amide bonds. The average molecular weight is 249 g/mol. The van der Waals surface area contributed by atoms with Crippen LogP contribution in [0.15, 0.2) is 59.8 Å². The SMILES string of the molecule is ON=Cc1ccc2ccc(C3=CCCC=C3)cc2c1. The van der Waals surface area contributed by atoms with E-state index in [2.05, 4.69) is 41.6 Å². The van der Waals surface area contributed by atoms with Gasteiger partial charge in [-0.25, -0.2) is 0 Å². The Hall–Kier alpha value is -2.35. The Morgan fingerprint density at radius 1 is 1.00 bits per heavy atom. The molecule has 0 unspecified atom stereocenters. The Balaban J connectivity index is 2.08. The van der Waals surface area contributed by atoms with Crippen molar-refractivity contribution < 1.29 is 5.21 Å². The van der Waals surface area contributed by atoms with Crippen LogP contribution in [0.1, 0.15) is 24.0 Å². The van der Waals surface area contributed by atoms with Crippen LogP contribution in [0.4, 0.5) is 0 Å². The van der Waals surface area contributed by atoms with Crippen molar-refractivity contribution in [2.24, 2.45) is 5.16 Å². The number of benzene rings is 2. The maximum Gasteiger partial charge on any atom is 0.0734 e. The van der Waals surface area contributed by atoms with Gasteiger partial charge in [-0.05, 0) is 52.4 Å². The summed E-state index contributed by atoms with van der Waals surface area (Å²) in [5.74, 6) is 0. The third-order valence-corrected chi connectivity index (χ3v) is 3.40. The Morgan fingerprint density at radius 2 is 1.89 bits per heavy atom. The number of hydrogen-bond acceptors (Lipinski definition) is 2. The van der Waals surface area contributed by atoms with Crippen LogP contribution in [0.5, 0.6) is 0 Å². The summed E-state index contributed by atoms with van der Waals surface area (Å²) in [4.78, 5) is 0. The summed E-state index contributed by atoms with van der Waals surface area (Å²) in [6.45, 7) is 0. The van der Waals surface area contributed by atoms with Gasteiger partial charge in [0.1, 0.15) is 0 Å². The number of allylic oxidation sites excluding steroid dienone is 4. The maximum atomic E-state index is 8.60. The van der Waals surface area contributed by atoms with Crippen molar-refractivity contribution in [3.63, 3.8) is 0 Å². The molecule has 0 bridgehead atoms. The van der Waals surface area contributed by atoms with E-state index >= 15 is 0 Å². The van der Waals surface area contributed by atoms with E-state index in [1.54, 1.807) is 0 Å². The van der Waals surface area contributed by atoms with Crippen LogP contribution in [0.25, 0.3) is 16.3 Å². The molecule has 3 rings (SSSR count). The van der Waals surface area contributed by atoms with E-state index < -0.39 is 0 Å². The van der Waals surface area contributed by atoms with Crippen LogP contribution in [-0.2, 0) is 0 Å². The Labute approximate surface area is 112 Å². The zero-order valence-corrected chi connectivity index (χ0v) is 10.6. The largest absolute Gasteiger partial charge is 0.411 e. The minimum absolute atomic E-state index is 0.903. The molecule has 0 saturated carbocycles. The molecule has 2 aromatic carbocycles. The van der Waals surface area contributed by atoms with Crippen LogP contribution in [0.3, 0.4) is 0 Å². The first-order chi connectivity index (χ1) is 9.36. The number of nitrogens with zero attached hydrogens (tertiary/aromatic N) is 1. The van der Waals surface area contributed by atoms with E-state index in [0.29, 0.717) is 0 Å². The second-order valence-electron chi connectivity index (χ2n) is 4.71. The molecule has 0 aromatic heterocycles. The average Bonchev–Trinajstić information content (AvgIpc) is 2.48. The van der Waals surface area contributed by atoms with Gasteiger partial charge in [0.2, 0.25) is 0 Å². The highest BCUT2D eigenvalue weighted by Crippen LogP contribution is 2.25. The van der Waals surface area contributed by atoms with E-state index in [-0.39, 0.29) is 0 Å². The number of fused-ring (bicyclic) bond motifs is 1. The summed E-state index contributed by atoms with van der Waals surface area (Å²) in [7, 11) is 0. The van der Waals surface area contributed by atoms with Crippen molar-refractivity contribution in [2.75, 3.05) is 0 Å². The Kier molecular flexibility index (Phi) is 3.15. The van der Waals surface area contributed by atoms with Gasteiger partial charge in [-0.2, -0.15) is 0 Å². The van der Waals surface area contributed by atoms with Gasteiger partial charge < -0.3 is 5.21 Å². The predicted molar refractivity (Wildman–Crippen MR) is 79.7 cm³/mol. The maximum absolute atomic E-state index is 8.60. The lowest BCUT2D eigenvalue weighted by Crippen LogP contribution is -1.87. The lowest BCUT2D eigenvalue weighted by molar-refractivity contribution is 0.322. The molecule has 94 valence electrons. The fourth-order valence-corrected chi connectivity index (χ4v) is 2.42. The van der Waals surface area contributed by atoms with Gasteiger partial charge in [0.25, 0.3) is 0 Å². The molecule has 1 aliphatic carbocycles. The van der Waals surface area contributed by atoms with E-state index in [4.69, 9.17) is 5.21 Å². The first-order valence-corrected chi connectivity index (χ1v) is 6.45. The summed E-state index contributed by atoms with van der Waals surface area (Å²) >= 11 is 0. The normalized spacial score (nSPS) is 15.1. The van der Waals surface area contributed by atoms with Crippen molar-refractivity contribution in [2.45, 2.75) is 12.8 Å². The summed E-state index contributed by atoms with van der Waals surface area (Å²) in [6.07, 6.45) is 10.4. The summed E-state index contributed by atoms with van der Waals surface area (Å²) < 4.78 is 0. The molecule has 1 N–H and O–H groups in total. The molecule has 0 atom stereocenters. The molecule has 0 spiro atoms. The fraction of sp³-hybridized carbons (Fsp3) is 0.118. The van der Waals surface area contributed by atoms with Crippen molar-refractivity contribution >= 4 is 22.6 Å². The van der Waals surface area contributed by atoms with Crippen LogP contribution in [-0.4, -0.2) is 11.4 Å². The molecule has 0 aliphatic heterocycles. The highest BCUT2D eigenvalue weighted by molar-refractivity contribution is 5.92. The molecule has 2 nitrogen and oxygen atoms in total. The fourth-order valence-electron chi connectivity index (χ4n) is 2.42. The Bertz CT molecular complexity index is 695. The minimum Gasteiger partial charge on any atom is -0.411 e. The van der Waals surface area contributed by atoms with Crippen LogP contribution < -0.4 is 0 Å². The molecule has 1 aliphatic rings. The summed E-state index contributed by atoms with van der Waals surface area (Å²) in [5, 5.41) is 14.0. The molecule has 0 heterocycles. The van der Waals surface area contributed by atoms with E-state index in [0.717, 1.165) is 23.8 Å². The molecule has 2 aromatic rings. The van der Waals surface area contributed by atoms with Crippen LogP contribution >= 0.6 is 0 Å². The third kappa shape index (κ3) is 2.43. The van der Waals surface area contributed by atoms with Gasteiger partial charge in [-0.3, -0.25) is 0 Å². The van der Waals surface area contributed by atoms with Gasteiger partial charge in [0.05, 0.1) is 6.21 Å². The van der Waals surface area contributed by atoms with Gasteiger partial charge >= 0.3 is 0 Å². The first-order valence-electron chi connectivity index (χ1n) is 6.45. The highest BCUT2D eigenvalue weighted by Gasteiger charge is 2.03. The minimum atomic E-state index is 0.903. The van der Waals surface area contributed by atoms with Crippen molar-refractivity contribution in [3.8, 4) is 0 Å². The first kappa shape index (κ1) is 11.7. The highest BCUT2D eigenvalue weighted by atomic mass is 16.4. The molecule has 0 fully saturated rings. The molecule has 0 saturated heterocycles. The van der Waals surface area contributed by atoms with E-state index in [1.165, 1.54) is 22.7 Å². The third-order valence-electron chi connectivity index (χ3n) is 3.40. The molecular weight excluding hydrogens is 234 g/mol. The summed E-state index contributed by atoms with van der Waals surface area (Å²) in [6, 6.07) is 12.5. The second-order valence-corrected chi connectivity index (χ2v) is 4.71. The lowest BCUT2D eigenvalue weighted by atomic mass is 9.96. The Morgan fingerprint density at radius 3 is 2.68 bits per heavy atom. The summed E-state index contributed by atoms with van der Waals surface area (Å²) in [5.41, 5.74) is 3.43. The van der Waals surface area contributed by atoms with Gasteiger partial charge in [-0.15, -0.1) is 0 Å². The number of hydrogen-bond donors (Lipinski definition) is 1. The molecule has 19 heavy (non-hydrogen) atoms. The van der Waals surface area contributed by atoms with Gasteiger partial charge in [0.15, 0.2) is 0 Å². The number of oxime groups is 1. The molecule has 2 heteroatoms. The quantitative estimate of drug-likeness (QED) is 0.478. The van der Waals surface area contributed by atoms with Crippen molar-refractivity contribution in [3.05, 3.63) is 65.8 Å². The van der Waals surface area contributed by atoms with Crippen LogP contribution in [0.2, 0.25) is 0 Å². The zero-order valence-electron chi connectivity index (χ0n) is 10.6. The van der Waals surface area contributed by atoms with Gasteiger partial charge in [0, 0.05) is 0 Å². The van der Waals surface area contributed by atoms with E-state index in [9.17, 15) is 0 Å². The second kappa shape index (κ2) is 5.11. The zero-order chi connectivity index (χ0) is 13.1. The molecule has 0 radical (unpaired) electrons. The van der Waals surface area contributed by atoms with Crippen LogP contribution in [0, 0.1) is 0 Å². The lowest BCUT2D eigenvalue weighted by Gasteiger charge is -2.08. The predicted octanol–water partition coefficient (Wildman–Crippen LogP) is 4.38. The van der Waals surface area contributed by atoms with Crippen molar-refractivity contribution in [1.82, 2.24) is 0 Å². The van der Waals surface area contributed by atoms with E-state index in [1.807, 2.05) is 18.2 Å². The topological polar surface area (TPSA) is 32.6 Å². The van der Waals surface area contributed by atoms with Gasteiger partial charge in [-0.1, -0.05) is 47.6 Å². The monoisotopic (exact) mass is 249 g/mol. The number of rotatable bonds is 2. The molecular formula is C17H15NO. The standard InChI is InChI=1S/C17H15NO/c19-18-12-13-6-7-15-8-9-16(11-17(15)10-13)14-4-2-1-3-5-14/h2,4-12,19H,1,3H2.